The Morgan fingerprint density at radius 1 is 1.18 bits per heavy atom. The van der Waals surface area contributed by atoms with Gasteiger partial charge in [0.15, 0.2) is 0 Å². The number of rotatable bonds is 5. The number of aryl methyl sites for hydroxylation is 1. The summed E-state index contributed by atoms with van der Waals surface area (Å²) in [5.74, 6) is 1.00. The highest BCUT2D eigenvalue weighted by Gasteiger charge is 2.04. The van der Waals surface area contributed by atoms with Crippen molar-refractivity contribution in [3.05, 3.63) is 42.7 Å². The Morgan fingerprint density at radius 3 is 2.76 bits per heavy atom. The van der Waals surface area contributed by atoms with Crippen LogP contribution < -0.4 is 0 Å². The normalized spacial score (nSPS) is 10.1. The van der Waals surface area contributed by atoms with Crippen LogP contribution >= 0.6 is 0 Å². The molecule has 0 aliphatic carbocycles. The topological polar surface area (TPSA) is 41.6 Å². The van der Waals surface area contributed by atoms with E-state index in [0.29, 0.717) is 6.42 Å². The smallest absolute Gasteiger partial charge is 0.139 e. The summed E-state index contributed by atoms with van der Waals surface area (Å²) in [5, 5.41) is 8.49. The number of benzene rings is 1. The molecule has 1 aromatic carbocycles. The number of hydrogen-bond acceptors (Lipinski definition) is 2. The van der Waals surface area contributed by atoms with Crippen LogP contribution in [0.1, 0.15) is 19.3 Å². The number of unbranched alkanes of at least 4 members (excludes halogenated alkanes) is 2. The third-order valence-corrected chi connectivity index (χ3v) is 2.69. The van der Waals surface area contributed by atoms with Gasteiger partial charge in [-0.1, -0.05) is 30.3 Å². The summed E-state index contributed by atoms with van der Waals surface area (Å²) >= 11 is 0. The van der Waals surface area contributed by atoms with Crippen LogP contribution in [-0.2, 0) is 6.54 Å². The van der Waals surface area contributed by atoms with Crippen LogP contribution in [0, 0.1) is 11.3 Å². The van der Waals surface area contributed by atoms with Crippen molar-refractivity contribution in [1.82, 2.24) is 9.55 Å². The fraction of sp³-hybridized carbons (Fsp3) is 0.286. The molecule has 1 aromatic heterocycles. The molecule has 0 amide bonds. The number of nitrogens with zero attached hydrogens (tertiary/aromatic N) is 3. The number of nitriles is 1. The van der Waals surface area contributed by atoms with Gasteiger partial charge in [-0.05, 0) is 12.8 Å². The van der Waals surface area contributed by atoms with Crippen LogP contribution in [0.5, 0.6) is 0 Å². The molecular formula is C14H15N3. The van der Waals surface area contributed by atoms with Crippen molar-refractivity contribution in [1.29, 1.82) is 5.26 Å². The molecule has 0 atom stereocenters. The minimum absolute atomic E-state index is 0.634. The van der Waals surface area contributed by atoms with Crippen LogP contribution in [-0.4, -0.2) is 9.55 Å². The third kappa shape index (κ3) is 2.94. The molecule has 0 aliphatic heterocycles. The molecule has 0 bridgehead atoms. The highest BCUT2D eigenvalue weighted by molar-refractivity contribution is 5.54. The van der Waals surface area contributed by atoms with Gasteiger partial charge in [0, 0.05) is 30.9 Å². The average molecular weight is 225 g/mol. The first-order chi connectivity index (χ1) is 8.42. The minimum Gasteiger partial charge on any atom is -0.331 e. The van der Waals surface area contributed by atoms with Crippen molar-refractivity contribution >= 4 is 0 Å². The zero-order valence-electron chi connectivity index (χ0n) is 9.71. The molecule has 0 fully saturated rings. The Kier molecular flexibility index (Phi) is 3.93. The number of aromatic nitrogens is 2. The maximum absolute atomic E-state index is 8.49. The van der Waals surface area contributed by atoms with E-state index in [1.807, 2.05) is 30.6 Å². The van der Waals surface area contributed by atoms with Gasteiger partial charge in [0.25, 0.3) is 0 Å². The number of imidazole rings is 1. The molecule has 0 unspecified atom stereocenters. The molecule has 0 radical (unpaired) electrons. The maximum Gasteiger partial charge on any atom is 0.139 e. The van der Waals surface area contributed by atoms with Gasteiger partial charge in [-0.25, -0.2) is 4.98 Å². The number of hydrogen-bond donors (Lipinski definition) is 0. The lowest BCUT2D eigenvalue weighted by Crippen LogP contribution is -1.99. The summed E-state index contributed by atoms with van der Waals surface area (Å²) in [6, 6.07) is 12.3. The fourth-order valence-electron chi connectivity index (χ4n) is 1.82. The third-order valence-electron chi connectivity index (χ3n) is 2.69. The van der Waals surface area contributed by atoms with Crippen LogP contribution in [0.2, 0.25) is 0 Å². The van der Waals surface area contributed by atoms with Gasteiger partial charge in [0.1, 0.15) is 5.82 Å². The molecule has 86 valence electrons. The largest absolute Gasteiger partial charge is 0.331 e. The van der Waals surface area contributed by atoms with Crippen LogP contribution in [0.3, 0.4) is 0 Å². The van der Waals surface area contributed by atoms with Crippen LogP contribution in [0.15, 0.2) is 42.7 Å². The SMILES string of the molecule is N#CCCCCn1ccnc1-c1ccccc1. The van der Waals surface area contributed by atoms with E-state index in [0.717, 1.165) is 30.8 Å². The molecule has 2 aromatic rings. The van der Waals surface area contributed by atoms with E-state index in [4.69, 9.17) is 5.26 Å². The molecule has 0 saturated carbocycles. The summed E-state index contributed by atoms with van der Waals surface area (Å²) in [7, 11) is 0. The quantitative estimate of drug-likeness (QED) is 0.733. The summed E-state index contributed by atoms with van der Waals surface area (Å²) in [6.45, 7) is 0.923. The summed E-state index contributed by atoms with van der Waals surface area (Å²) in [6.07, 6.45) is 6.42. The first-order valence-electron chi connectivity index (χ1n) is 5.85. The molecule has 3 heteroatoms. The van der Waals surface area contributed by atoms with Gasteiger partial charge >= 0.3 is 0 Å². The van der Waals surface area contributed by atoms with Gasteiger partial charge in [-0.3, -0.25) is 0 Å². The fourth-order valence-corrected chi connectivity index (χ4v) is 1.82. The summed E-state index contributed by atoms with van der Waals surface area (Å²) in [4.78, 5) is 4.38. The van der Waals surface area contributed by atoms with Gasteiger partial charge in [-0.15, -0.1) is 0 Å². The zero-order chi connectivity index (χ0) is 11.9. The van der Waals surface area contributed by atoms with Gasteiger partial charge in [0.2, 0.25) is 0 Å². The molecule has 17 heavy (non-hydrogen) atoms. The van der Waals surface area contributed by atoms with Gasteiger partial charge in [0.05, 0.1) is 6.07 Å². The van der Waals surface area contributed by atoms with E-state index in [1.54, 1.807) is 0 Å². The van der Waals surface area contributed by atoms with Crippen molar-refractivity contribution in [3.63, 3.8) is 0 Å². The molecule has 0 aliphatic rings. The Hall–Kier alpha value is -2.08. The molecule has 3 nitrogen and oxygen atoms in total. The molecule has 0 spiro atoms. The average Bonchev–Trinajstić information content (AvgIpc) is 2.84. The van der Waals surface area contributed by atoms with E-state index in [1.165, 1.54) is 0 Å². The summed E-state index contributed by atoms with van der Waals surface area (Å²) in [5.41, 5.74) is 1.14. The highest BCUT2D eigenvalue weighted by Crippen LogP contribution is 2.17. The lowest BCUT2D eigenvalue weighted by Gasteiger charge is -2.06. The first kappa shape index (κ1) is 11.4. The lowest BCUT2D eigenvalue weighted by molar-refractivity contribution is 0.620. The second-order valence-corrected chi connectivity index (χ2v) is 3.93. The van der Waals surface area contributed by atoms with Crippen LogP contribution in [0.4, 0.5) is 0 Å². The Labute approximate surface area is 101 Å². The molecule has 1 heterocycles. The van der Waals surface area contributed by atoms with E-state index >= 15 is 0 Å². The summed E-state index contributed by atoms with van der Waals surface area (Å²) < 4.78 is 2.15. The minimum atomic E-state index is 0.634. The molecule has 0 N–H and O–H groups in total. The van der Waals surface area contributed by atoms with E-state index < -0.39 is 0 Å². The second kappa shape index (κ2) is 5.86. The predicted octanol–water partition coefficient (Wildman–Crippen LogP) is 3.24. The van der Waals surface area contributed by atoms with Gasteiger partial charge in [-0.2, -0.15) is 5.26 Å². The first-order valence-corrected chi connectivity index (χ1v) is 5.85. The standard InChI is InChI=1S/C14H15N3/c15-9-5-2-6-11-17-12-10-16-14(17)13-7-3-1-4-8-13/h1,3-4,7-8,10,12H,2,5-6,11H2. The van der Waals surface area contributed by atoms with Gasteiger partial charge < -0.3 is 4.57 Å². The lowest BCUT2D eigenvalue weighted by atomic mass is 10.2. The van der Waals surface area contributed by atoms with E-state index in [9.17, 15) is 0 Å². The van der Waals surface area contributed by atoms with Crippen molar-refractivity contribution < 1.29 is 0 Å². The molecular weight excluding hydrogens is 210 g/mol. The predicted molar refractivity (Wildman–Crippen MR) is 67.1 cm³/mol. The van der Waals surface area contributed by atoms with E-state index in [-0.39, 0.29) is 0 Å². The Balaban J connectivity index is 2.05. The zero-order valence-corrected chi connectivity index (χ0v) is 9.71. The highest BCUT2D eigenvalue weighted by atomic mass is 15.1. The molecule has 2 rings (SSSR count). The van der Waals surface area contributed by atoms with Crippen molar-refractivity contribution in [2.45, 2.75) is 25.8 Å². The van der Waals surface area contributed by atoms with Crippen LogP contribution in [0.25, 0.3) is 11.4 Å². The van der Waals surface area contributed by atoms with E-state index in [2.05, 4.69) is 27.8 Å². The monoisotopic (exact) mass is 225 g/mol. The maximum atomic E-state index is 8.49. The Bertz CT molecular complexity index is 494. The van der Waals surface area contributed by atoms with Crippen molar-refractivity contribution in [2.75, 3.05) is 0 Å². The second-order valence-electron chi connectivity index (χ2n) is 3.93. The van der Waals surface area contributed by atoms with Crippen molar-refractivity contribution in [3.8, 4) is 17.5 Å². The Morgan fingerprint density at radius 2 is 2.00 bits per heavy atom. The van der Waals surface area contributed by atoms with Crippen molar-refractivity contribution in [2.24, 2.45) is 0 Å². The molecule has 0 saturated heterocycles.